The van der Waals surface area contributed by atoms with Crippen molar-refractivity contribution < 1.29 is 14.6 Å². The highest BCUT2D eigenvalue weighted by molar-refractivity contribution is 7.80. The molecule has 0 unspecified atom stereocenters. The van der Waals surface area contributed by atoms with E-state index in [1.165, 1.54) is 19.2 Å². The summed E-state index contributed by atoms with van der Waals surface area (Å²) in [7, 11) is 1.48. The first-order valence-corrected chi connectivity index (χ1v) is 5.39. The van der Waals surface area contributed by atoms with E-state index < -0.39 is 0 Å². The third-order valence-electron chi connectivity index (χ3n) is 2.11. The van der Waals surface area contributed by atoms with Gasteiger partial charge in [0.05, 0.1) is 17.7 Å². The van der Waals surface area contributed by atoms with Crippen molar-refractivity contribution in [3.05, 3.63) is 23.8 Å². The van der Waals surface area contributed by atoms with E-state index in [9.17, 15) is 9.90 Å². The van der Waals surface area contributed by atoms with Gasteiger partial charge < -0.3 is 20.9 Å². The molecule has 0 aliphatic rings. The number of phenols is 1. The lowest BCUT2D eigenvalue weighted by Crippen LogP contribution is -2.27. The van der Waals surface area contributed by atoms with Crippen LogP contribution >= 0.6 is 12.2 Å². The van der Waals surface area contributed by atoms with Gasteiger partial charge in [0.1, 0.15) is 11.5 Å². The molecule has 4 N–H and O–H groups in total. The molecular formula is C11H14N2O3S. The lowest BCUT2D eigenvalue weighted by atomic mass is 10.2. The van der Waals surface area contributed by atoms with Gasteiger partial charge in [0, 0.05) is 19.0 Å². The molecule has 0 aromatic heterocycles. The molecule has 0 radical (unpaired) electrons. The topological polar surface area (TPSA) is 84.6 Å². The SMILES string of the molecule is COc1ccc(C(=O)NCCC(N)=S)c(O)c1. The summed E-state index contributed by atoms with van der Waals surface area (Å²) < 4.78 is 4.92. The van der Waals surface area contributed by atoms with Crippen molar-refractivity contribution >= 4 is 23.1 Å². The predicted molar refractivity (Wildman–Crippen MR) is 68.4 cm³/mol. The number of hydrogen-bond donors (Lipinski definition) is 3. The van der Waals surface area contributed by atoms with Crippen LogP contribution in [0, 0.1) is 0 Å². The molecule has 0 aliphatic heterocycles. The van der Waals surface area contributed by atoms with Crippen molar-refractivity contribution in [1.29, 1.82) is 0 Å². The van der Waals surface area contributed by atoms with Crippen LogP contribution < -0.4 is 15.8 Å². The number of hydrogen-bond acceptors (Lipinski definition) is 4. The van der Waals surface area contributed by atoms with Crippen LogP contribution in [0.5, 0.6) is 11.5 Å². The maximum Gasteiger partial charge on any atom is 0.255 e. The Bertz CT molecular complexity index is 435. The molecule has 5 nitrogen and oxygen atoms in total. The largest absolute Gasteiger partial charge is 0.507 e. The van der Waals surface area contributed by atoms with Crippen molar-refractivity contribution in [2.45, 2.75) is 6.42 Å². The second kappa shape index (κ2) is 6.05. The molecule has 92 valence electrons. The van der Waals surface area contributed by atoms with E-state index in [1.807, 2.05) is 0 Å². The molecule has 0 atom stereocenters. The van der Waals surface area contributed by atoms with E-state index in [2.05, 4.69) is 17.5 Å². The summed E-state index contributed by atoms with van der Waals surface area (Å²) in [6.45, 7) is 0.347. The van der Waals surface area contributed by atoms with Gasteiger partial charge in [-0.05, 0) is 12.1 Å². The van der Waals surface area contributed by atoms with Gasteiger partial charge >= 0.3 is 0 Å². The Morgan fingerprint density at radius 3 is 2.82 bits per heavy atom. The number of thiocarbonyl (C=S) groups is 1. The average Bonchev–Trinajstić information content (AvgIpc) is 2.28. The maximum absolute atomic E-state index is 11.7. The molecule has 6 heteroatoms. The summed E-state index contributed by atoms with van der Waals surface area (Å²) in [5, 5.41) is 12.2. The molecule has 0 heterocycles. The Hall–Kier alpha value is -1.82. The van der Waals surface area contributed by atoms with E-state index in [-0.39, 0.29) is 17.2 Å². The summed E-state index contributed by atoms with van der Waals surface area (Å²) in [5.74, 6) is -0.0132. The second-order valence-corrected chi connectivity index (χ2v) is 3.88. The van der Waals surface area contributed by atoms with Gasteiger partial charge in [0.25, 0.3) is 5.91 Å². The zero-order valence-electron chi connectivity index (χ0n) is 9.40. The number of nitrogens with one attached hydrogen (secondary N) is 1. The molecule has 0 bridgehead atoms. The number of aromatic hydroxyl groups is 1. The smallest absolute Gasteiger partial charge is 0.255 e. The molecule has 1 rings (SSSR count). The van der Waals surface area contributed by atoms with Crippen LogP contribution in [0.1, 0.15) is 16.8 Å². The fourth-order valence-corrected chi connectivity index (χ4v) is 1.33. The lowest BCUT2D eigenvalue weighted by molar-refractivity contribution is 0.0952. The van der Waals surface area contributed by atoms with Crippen LogP contribution in [0.15, 0.2) is 18.2 Å². The molecule has 1 aromatic rings. The minimum absolute atomic E-state index is 0.128. The van der Waals surface area contributed by atoms with E-state index >= 15 is 0 Å². The number of benzene rings is 1. The van der Waals surface area contributed by atoms with E-state index in [0.29, 0.717) is 23.7 Å². The van der Waals surface area contributed by atoms with Crippen LogP contribution in [-0.2, 0) is 0 Å². The zero-order chi connectivity index (χ0) is 12.8. The molecule has 1 amide bonds. The molecule has 1 aromatic carbocycles. The number of carbonyl (C=O) groups is 1. The van der Waals surface area contributed by atoms with Crippen molar-refractivity contribution in [2.75, 3.05) is 13.7 Å². The number of phenolic OH excluding ortho intramolecular Hbond substituents is 1. The predicted octanol–water partition coefficient (Wildman–Crippen LogP) is 0.807. The third kappa shape index (κ3) is 3.92. The number of rotatable bonds is 5. The average molecular weight is 254 g/mol. The Morgan fingerprint density at radius 1 is 1.59 bits per heavy atom. The van der Waals surface area contributed by atoms with Gasteiger partial charge in [-0.25, -0.2) is 0 Å². The zero-order valence-corrected chi connectivity index (χ0v) is 10.2. The standard InChI is InChI=1S/C11H14N2O3S/c1-16-7-2-3-8(9(14)6-7)11(15)13-5-4-10(12)17/h2-3,6,14H,4-5H2,1H3,(H2,12,17)(H,13,15). The van der Waals surface area contributed by atoms with Crippen LogP contribution in [-0.4, -0.2) is 29.7 Å². The minimum Gasteiger partial charge on any atom is -0.507 e. The van der Waals surface area contributed by atoms with Crippen LogP contribution in [0.2, 0.25) is 0 Å². The first kappa shape index (κ1) is 13.2. The van der Waals surface area contributed by atoms with E-state index in [0.717, 1.165) is 0 Å². The van der Waals surface area contributed by atoms with Gasteiger partial charge in [-0.1, -0.05) is 12.2 Å². The third-order valence-corrected chi connectivity index (χ3v) is 2.31. The Kier molecular flexibility index (Phi) is 4.71. The fraction of sp³-hybridized carbons (Fsp3) is 0.273. The number of ether oxygens (including phenoxy) is 1. The molecule has 0 saturated carbocycles. The Labute approximate surface area is 105 Å². The molecular weight excluding hydrogens is 240 g/mol. The van der Waals surface area contributed by atoms with Gasteiger partial charge in [0.15, 0.2) is 0 Å². The van der Waals surface area contributed by atoms with E-state index in [4.69, 9.17) is 10.5 Å². The molecule has 0 aliphatic carbocycles. The van der Waals surface area contributed by atoms with Gasteiger partial charge in [-0.15, -0.1) is 0 Å². The number of methoxy groups -OCH3 is 1. The number of carbonyl (C=O) groups excluding carboxylic acids is 1. The molecule has 0 spiro atoms. The van der Waals surface area contributed by atoms with Crippen molar-refractivity contribution in [1.82, 2.24) is 5.32 Å². The summed E-state index contributed by atoms with van der Waals surface area (Å²) >= 11 is 4.68. The van der Waals surface area contributed by atoms with E-state index in [1.54, 1.807) is 6.07 Å². The Morgan fingerprint density at radius 2 is 2.29 bits per heavy atom. The summed E-state index contributed by atoms with van der Waals surface area (Å²) in [4.78, 5) is 12.0. The summed E-state index contributed by atoms with van der Waals surface area (Å²) in [6.07, 6.45) is 0.429. The Balaban J connectivity index is 2.66. The van der Waals surface area contributed by atoms with Gasteiger partial charge in [0.2, 0.25) is 0 Å². The second-order valence-electron chi connectivity index (χ2n) is 3.36. The fourth-order valence-electron chi connectivity index (χ4n) is 1.22. The van der Waals surface area contributed by atoms with Gasteiger partial charge in [-0.2, -0.15) is 0 Å². The molecule has 0 saturated heterocycles. The lowest BCUT2D eigenvalue weighted by Gasteiger charge is -2.07. The van der Waals surface area contributed by atoms with Crippen molar-refractivity contribution in [3.8, 4) is 11.5 Å². The number of nitrogens with two attached hydrogens (primary N) is 1. The minimum atomic E-state index is -0.374. The van der Waals surface area contributed by atoms with Gasteiger partial charge in [-0.3, -0.25) is 4.79 Å². The van der Waals surface area contributed by atoms with Crippen molar-refractivity contribution in [2.24, 2.45) is 5.73 Å². The summed E-state index contributed by atoms with van der Waals surface area (Å²) in [6, 6.07) is 4.47. The first-order valence-electron chi connectivity index (χ1n) is 4.98. The summed E-state index contributed by atoms with van der Waals surface area (Å²) in [5.41, 5.74) is 5.49. The highest BCUT2D eigenvalue weighted by Gasteiger charge is 2.11. The first-order chi connectivity index (χ1) is 8.04. The number of amides is 1. The maximum atomic E-state index is 11.7. The highest BCUT2D eigenvalue weighted by Crippen LogP contribution is 2.23. The monoisotopic (exact) mass is 254 g/mol. The highest BCUT2D eigenvalue weighted by atomic mass is 32.1. The van der Waals surface area contributed by atoms with Crippen LogP contribution in [0.3, 0.4) is 0 Å². The van der Waals surface area contributed by atoms with Crippen LogP contribution in [0.4, 0.5) is 0 Å². The van der Waals surface area contributed by atoms with Crippen LogP contribution in [0.25, 0.3) is 0 Å². The molecule has 17 heavy (non-hydrogen) atoms. The quantitative estimate of drug-likeness (QED) is 0.677. The normalized spacial score (nSPS) is 9.71. The van der Waals surface area contributed by atoms with Crippen molar-refractivity contribution in [3.63, 3.8) is 0 Å². The molecule has 0 fully saturated rings.